The first-order chi connectivity index (χ1) is 15.8. The van der Waals surface area contributed by atoms with Gasteiger partial charge in [0.25, 0.3) is 0 Å². The van der Waals surface area contributed by atoms with Crippen LogP contribution in [0.5, 0.6) is 0 Å². The molecule has 6 aliphatic carbocycles. The second-order valence-electron chi connectivity index (χ2n) is 15.4. The number of allylic oxidation sites excluding steroid dienone is 2. The minimum Gasteiger partial charge on any atom is -0.462 e. The Balaban J connectivity index is 1.38. The Morgan fingerprint density at radius 2 is 1.74 bits per heavy atom. The Labute approximate surface area is 209 Å². The van der Waals surface area contributed by atoms with Crippen LogP contribution >= 0.6 is 0 Å². The first kappa shape index (κ1) is 23.6. The molecular weight excluding hydrogens is 416 g/mol. The van der Waals surface area contributed by atoms with Crippen molar-refractivity contribution in [1.82, 2.24) is 0 Å². The highest BCUT2D eigenvalue weighted by Crippen LogP contribution is 2.82. The van der Waals surface area contributed by atoms with Gasteiger partial charge in [0.1, 0.15) is 6.10 Å². The van der Waals surface area contributed by atoms with Gasteiger partial charge >= 0.3 is 5.97 Å². The van der Waals surface area contributed by atoms with Gasteiger partial charge in [0.05, 0.1) is 0 Å². The van der Waals surface area contributed by atoms with E-state index in [9.17, 15) is 4.79 Å². The molecule has 2 nitrogen and oxygen atoms in total. The van der Waals surface area contributed by atoms with Gasteiger partial charge in [-0.2, -0.15) is 0 Å². The van der Waals surface area contributed by atoms with Crippen LogP contribution in [0.4, 0.5) is 0 Å². The van der Waals surface area contributed by atoms with E-state index in [-0.39, 0.29) is 17.5 Å². The average Bonchev–Trinajstić information content (AvgIpc) is 3.44. The predicted molar refractivity (Wildman–Crippen MR) is 138 cm³/mol. The SMILES string of the molecule is CC(=O)OC1CC[C@]2(C)[C@H]3CC[C@@]4(C)[C@@H]5[C@@H](C)[C@H](C)CC6C[C@]65CC[C@]4(C)C3=CC[C@H]2C1(C)C. The summed E-state index contributed by atoms with van der Waals surface area (Å²) in [7, 11) is 0. The fraction of sp³-hybridized carbons (Fsp3) is 0.906. The largest absolute Gasteiger partial charge is 0.462 e. The van der Waals surface area contributed by atoms with Crippen molar-refractivity contribution in [3.05, 3.63) is 11.6 Å². The van der Waals surface area contributed by atoms with Crippen molar-refractivity contribution in [2.75, 3.05) is 0 Å². The van der Waals surface area contributed by atoms with E-state index in [0.717, 1.165) is 30.1 Å². The summed E-state index contributed by atoms with van der Waals surface area (Å²) < 4.78 is 5.90. The zero-order valence-corrected chi connectivity index (χ0v) is 23.3. The highest BCUT2D eigenvalue weighted by Gasteiger charge is 2.74. The van der Waals surface area contributed by atoms with Gasteiger partial charge < -0.3 is 4.74 Å². The van der Waals surface area contributed by atoms with Crippen molar-refractivity contribution in [3.63, 3.8) is 0 Å². The molecule has 5 fully saturated rings. The number of fused-ring (bicyclic) bond motifs is 6. The molecule has 1 spiro atoms. The molecule has 190 valence electrons. The molecule has 0 aliphatic heterocycles. The molecule has 0 bridgehead atoms. The molecule has 0 N–H and O–H groups in total. The second kappa shape index (κ2) is 6.95. The minimum atomic E-state index is -0.111. The van der Waals surface area contributed by atoms with Crippen molar-refractivity contribution in [1.29, 1.82) is 0 Å². The molecule has 2 heteroatoms. The lowest BCUT2D eigenvalue weighted by Gasteiger charge is -2.70. The molecule has 0 aromatic heterocycles. The van der Waals surface area contributed by atoms with Crippen LogP contribution in [0.3, 0.4) is 0 Å². The molecule has 0 amide bonds. The maximum absolute atomic E-state index is 11.9. The van der Waals surface area contributed by atoms with Gasteiger partial charge in [-0.25, -0.2) is 0 Å². The Morgan fingerprint density at radius 1 is 1.00 bits per heavy atom. The van der Waals surface area contributed by atoms with Gasteiger partial charge in [-0.1, -0.05) is 60.1 Å². The van der Waals surface area contributed by atoms with Gasteiger partial charge in [0.2, 0.25) is 0 Å². The summed E-state index contributed by atoms with van der Waals surface area (Å²) in [6.45, 7) is 19.6. The molecule has 0 radical (unpaired) electrons. The number of ether oxygens (including phenoxy) is 1. The number of carbonyl (C=O) groups is 1. The number of esters is 1. The fourth-order valence-corrected chi connectivity index (χ4v) is 12.1. The van der Waals surface area contributed by atoms with Crippen molar-refractivity contribution >= 4 is 5.97 Å². The van der Waals surface area contributed by atoms with E-state index in [1.54, 1.807) is 6.92 Å². The zero-order chi connectivity index (χ0) is 24.5. The predicted octanol–water partition coefficient (Wildman–Crippen LogP) is 8.21. The maximum Gasteiger partial charge on any atom is 0.302 e. The maximum atomic E-state index is 11.9. The third-order valence-corrected chi connectivity index (χ3v) is 14.1. The zero-order valence-electron chi connectivity index (χ0n) is 23.3. The topological polar surface area (TPSA) is 26.3 Å². The van der Waals surface area contributed by atoms with E-state index in [1.807, 2.05) is 5.57 Å². The summed E-state index contributed by atoms with van der Waals surface area (Å²) >= 11 is 0. The fourth-order valence-electron chi connectivity index (χ4n) is 12.1. The molecule has 0 aromatic rings. The molecule has 6 aliphatic rings. The standard InChI is InChI=1S/C32H50O2/c1-19-17-22-18-32(22)16-15-30(7)24-9-10-25-28(4,5)26(34-21(3)33)12-13-29(25,6)23(24)11-14-31(30,8)27(32)20(19)2/h9,19-20,22-23,25-27H,10-18H2,1-8H3/t19-,20+,22?,23+,25+,26?,27+,29-,30-,31+,32-/m1/s1. The van der Waals surface area contributed by atoms with Crippen LogP contribution in [0, 0.1) is 62.6 Å². The Kier molecular flexibility index (Phi) is 4.82. The molecule has 6 rings (SSSR count). The molecule has 11 atom stereocenters. The number of hydrogen-bond acceptors (Lipinski definition) is 2. The average molecular weight is 467 g/mol. The van der Waals surface area contributed by atoms with Crippen molar-refractivity contribution in [3.8, 4) is 0 Å². The lowest BCUT2D eigenvalue weighted by Crippen LogP contribution is -2.63. The van der Waals surface area contributed by atoms with E-state index in [4.69, 9.17) is 4.74 Å². The normalized spacial score (nSPS) is 57.1. The first-order valence-electron chi connectivity index (χ1n) is 14.7. The Bertz CT molecular complexity index is 931. The summed E-state index contributed by atoms with van der Waals surface area (Å²) in [5.41, 5.74) is 3.72. The third-order valence-electron chi connectivity index (χ3n) is 14.1. The van der Waals surface area contributed by atoms with Crippen LogP contribution in [-0.4, -0.2) is 12.1 Å². The summed E-state index contributed by atoms with van der Waals surface area (Å²) in [4.78, 5) is 11.9. The van der Waals surface area contributed by atoms with Crippen molar-refractivity contribution in [2.24, 2.45) is 62.6 Å². The molecular formula is C32H50O2. The van der Waals surface area contributed by atoms with Crippen LogP contribution in [0.25, 0.3) is 0 Å². The van der Waals surface area contributed by atoms with E-state index in [1.165, 1.54) is 51.4 Å². The van der Waals surface area contributed by atoms with Gasteiger partial charge in [-0.3, -0.25) is 4.79 Å². The lowest BCUT2D eigenvalue weighted by atomic mass is 9.35. The van der Waals surface area contributed by atoms with Crippen LogP contribution in [0.15, 0.2) is 11.6 Å². The van der Waals surface area contributed by atoms with Crippen LogP contribution < -0.4 is 0 Å². The lowest BCUT2D eigenvalue weighted by molar-refractivity contribution is -0.183. The highest BCUT2D eigenvalue weighted by molar-refractivity contribution is 5.66. The van der Waals surface area contributed by atoms with Crippen LogP contribution in [0.1, 0.15) is 113 Å². The van der Waals surface area contributed by atoms with E-state index in [2.05, 4.69) is 54.5 Å². The molecule has 0 saturated heterocycles. The Morgan fingerprint density at radius 3 is 2.44 bits per heavy atom. The summed E-state index contributed by atoms with van der Waals surface area (Å²) in [6.07, 6.45) is 14.9. The quantitative estimate of drug-likeness (QED) is 0.287. The number of carbonyl (C=O) groups excluding carboxylic acids is 1. The molecule has 0 aromatic carbocycles. The Hall–Kier alpha value is -0.790. The van der Waals surface area contributed by atoms with Gasteiger partial charge in [0.15, 0.2) is 0 Å². The van der Waals surface area contributed by atoms with Gasteiger partial charge in [-0.15, -0.1) is 0 Å². The van der Waals surface area contributed by atoms with Crippen LogP contribution in [-0.2, 0) is 9.53 Å². The highest BCUT2D eigenvalue weighted by atomic mass is 16.5. The van der Waals surface area contributed by atoms with E-state index >= 15 is 0 Å². The molecule has 2 unspecified atom stereocenters. The summed E-state index contributed by atoms with van der Waals surface area (Å²) in [5, 5.41) is 0. The minimum absolute atomic E-state index is 0.0352. The number of hydrogen-bond donors (Lipinski definition) is 0. The van der Waals surface area contributed by atoms with Gasteiger partial charge in [-0.05, 0) is 115 Å². The van der Waals surface area contributed by atoms with Crippen molar-refractivity contribution in [2.45, 2.75) is 119 Å². The molecule has 5 saturated carbocycles. The monoisotopic (exact) mass is 466 g/mol. The van der Waals surface area contributed by atoms with Crippen LogP contribution in [0.2, 0.25) is 0 Å². The second-order valence-corrected chi connectivity index (χ2v) is 15.4. The summed E-state index contributed by atoms with van der Waals surface area (Å²) in [5.74, 6) is 4.89. The first-order valence-corrected chi connectivity index (χ1v) is 14.7. The molecule has 34 heavy (non-hydrogen) atoms. The molecule has 0 heterocycles. The summed E-state index contributed by atoms with van der Waals surface area (Å²) in [6, 6.07) is 0. The van der Waals surface area contributed by atoms with E-state index < -0.39 is 0 Å². The third kappa shape index (κ3) is 2.67. The van der Waals surface area contributed by atoms with Gasteiger partial charge in [0, 0.05) is 12.3 Å². The van der Waals surface area contributed by atoms with E-state index in [0.29, 0.717) is 33.5 Å². The van der Waals surface area contributed by atoms with Crippen molar-refractivity contribution < 1.29 is 9.53 Å². The smallest absolute Gasteiger partial charge is 0.302 e. The number of rotatable bonds is 1.